The molecule has 0 aromatic carbocycles. The Labute approximate surface area is 105 Å². The first kappa shape index (κ1) is 12.9. The van der Waals surface area contributed by atoms with Gasteiger partial charge in [-0.3, -0.25) is 14.9 Å². The Balaban J connectivity index is 3.09. The van der Waals surface area contributed by atoms with Gasteiger partial charge in [0.15, 0.2) is 0 Å². The van der Waals surface area contributed by atoms with E-state index in [2.05, 4.69) is 15.9 Å². The van der Waals surface area contributed by atoms with Gasteiger partial charge in [-0.25, -0.2) is 0 Å². The zero-order chi connectivity index (χ0) is 12.1. The van der Waals surface area contributed by atoms with Gasteiger partial charge in [0.05, 0.1) is 15.6 Å². The molecule has 0 N–H and O–H groups in total. The Morgan fingerprint density at radius 3 is 2.75 bits per heavy atom. The number of aromatic nitrogens is 1. The summed E-state index contributed by atoms with van der Waals surface area (Å²) in [4.78, 5) is 21.2. The molecule has 1 rings (SSSR count). The normalized spacial score (nSPS) is 10.9. The quantitative estimate of drug-likeness (QED) is 0.371. The number of nitrogens with zero attached hydrogens (tertiary/aromatic N) is 2. The highest BCUT2D eigenvalue weighted by Crippen LogP contribution is 2.10. The van der Waals surface area contributed by atoms with Crippen molar-refractivity contribution in [3.05, 3.63) is 49.4 Å². The molecule has 0 spiro atoms. The summed E-state index contributed by atoms with van der Waals surface area (Å²) >= 11 is 8.43. The highest BCUT2D eigenvalue weighted by molar-refractivity contribution is 9.10. The van der Waals surface area contributed by atoms with Crippen molar-refractivity contribution in [1.29, 1.82) is 0 Å². The van der Waals surface area contributed by atoms with Crippen LogP contribution in [0.1, 0.15) is 0 Å². The second-order valence-electron chi connectivity index (χ2n) is 2.90. The van der Waals surface area contributed by atoms with Crippen LogP contribution in [0.4, 0.5) is 5.69 Å². The fourth-order valence-electron chi connectivity index (χ4n) is 1.07. The number of pyridine rings is 1. The summed E-state index contributed by atoms with van der Waals surface area (Å²) in [5.74, 6) is 0.378. The fourth-order valence-corrected chi connectivity index (χ4v) is 1.67. The van der Waals surface area contributed by atoms with Crippen molar-refractivity contribution in [1.82, 2.24) is 4.57 Å². The SMILES string of the molecule is O=c1c(Br)cn(C/C=C/CCl)cc1[N+](=O)[O-]. The van der Waals surface area contributed by atoms with Crippen molar-refractivity contribution >= 4 is 33.2 Å². The molecule has 0 saturated carbocycles. The molecule has 0 atom stereocenters. The topological polar surface area (TPSA) is 65.1 Å². The van der Waals surface area contributed by atoms with Crippen LogP contribution < -0.4 is 5.43 Å². The van der Waals surface area contributed by atoms with Crippen LogP contribution in [0.5, 0.6) is 0 Å². The third-order valence-corrected chi connectivity index (χ3v) is 2.53. The highest BCUT2D eigenvalue weighted by Gasteiger charge is 2.15. The van der Waals surface area contributed by atoms with Crippen LogP contribution in [0.15, 0.2) is 33.8 Å². The van der Waals surface area contributed by atoms with E-state index in [9.17, 15) is 14.9 Å². The predicted octanol–water partition coefficient (Wildman–Crippen LogP) is 2.31. The molecule has 0 aliphatic carbocycles. The summed E-state index contributed by atoms with van der Waals surface area (Å²) in [6.45, 7) is 0.423. The molecule has 0 amide bonds. The number of alkyl halides is 1. The summed E-state index contributed by atoms with van der Waals surface area (Å²) in [7, 11) is 0. The summed E-state index contributed by atoms with van der Waals surface area (Å²) in [6, 6.07) is 0. The van der Waals surface area contributed by atoms with Crippen LogP contribution in [0.3, 0.4) is 0 Å². The molecule has 1 aromatic rings. The molecular formula is C9H8BrClN2O3. The third kappa shape index (κ3) is 3.18. The number of allylic oxidation sites excluding steroid dienone is 2. The first-order valence-electron chi connectivity index (χ1n) is 4.31. The van der Waals surface area contributed by atoms with Gasteiger partial charge >= 0.3 is 5.69 Å². The lowest BCUT2D eigenvalue weighted by molar-refractivity contribution is -0.386. The Bertz CT molecular complexity index is 484. The molecule has 0 unspecified atom stereocenters. The van der Waals surface area contributed by atoms with Gasteiger partial charge < -0.3 is 4.57 Å². The Hall–Kier alpha value is -1.14. The molecule has 0 fully saturated rings. The van der Waals surface area contributed by atoms with Gasteiger partial charge in [0.25, 0.3) is 5.43 Å². The third-order valence-electron chi connectivity index (χ3n) is 1.79. The van der Waals surface area contributed by atoms with Crippen molar-refractivity contribution in [2.45, 2.75) is 6.54 Å². The van der Waals surface area contributed by atoms with E-state index in [-0.39, 0.29) is 4.47 Å². The number of halogens is 2. The minimum Gasteiger partial charge on any atom is -0.343 e. The van der Waals surface area contributed by atoms with E-state index < -0.39 is 16.0 Å². The second-order valence-corrected chi connectivity index (χ2v) is 4.06. The van der Waals surface area contributed by atoms with Gasteiger partial charge in [-0.15, -0.1) is 11.6 Å². The molecular weight excluding hydrogens is 299 g/mol. The number of hydrogen-bond acceptors (Lipinski definition) is 3. The van der Waals surface area contributed by atoms with Gasteiger partial charge in [0.2, 0.25) is 0 Å². The van der Waals surface area contributed by atoms with E-state index in [0.29, 0.717) is 12.4 Å². The second kappa shape index (κ2) is 5.81. The van der Waals surface area contributed by atoms with Gasteiger partial charge in [0.1, 0.15) is 0 Å². The molecule has 86 valence electrons. The summed E-state index contributed by atoms with van der Waals surface area (Å²) in [5, 5.41) is 10.6. The van der Waals surface area contributed by atoms with Crippen LogP contribution in [-0.4, -0.2) is 15.4 Å². The van der Waals surface area contributed by atoms with E-state index >= 15 is 0 Å². The lowest BCUT2D eigenvalue weighted by Gasteiger charge is -2.02. The maximum Gasteiger partial charge on any atom is 0.333 e. The van der Waals surface area contributed by atoms with Crippen LogP contribution in [0.2, 0.25) is 0 Å². The lowest BCUT2D eigenvalue weighted by atomic mass is 10.4. The van der Waals surface area contributed by atoms with E-state index in [1.54, 1.807) is 12.2 Å². The average Bonchev–Trinajstić information content (AvgIpc) is 2.23. The average molecular weight is 308 g/mol. The molecule has 16 heavy (non-hydrogen) atoms. The van der Waals surface area contributed by atoms with E-state index in [0.717, 1.165) is 0 Å². The Kier molecular flexibility index (Phi) is 4.70. The molecule has 1 heterocycles. The standard InChI is InChI=1S/C9H8BrClN2O3/c10-7-5-12(4-2-1-3-11)6-8(9(7)14)13(15)16/h1-2,5-6H,3-4H2/b2-1+. The molecule has 7 heteroatoms. The van der Waals surface area contributed by atoms with Crippen molar-refractivity contribution in [3.63, 3.8) is 0 Å². The fraction of sp³-hybridized carbons (Fsp3) is 0.222. The zero-order valence-electron chi connectivity index (χ0n) is 8.10. The number of nitro groups is 1. The van der Waals surface area contributed by atoms with Crippen molar-refractivity contribution in [2.75, 3.05) is 5.88 Å². The van der Waals surface area contributed by atoms with Gasteiger partial charge in [-0.05, 0) is 15.9 Å². The molecule has 0 aliphatic rings. The summed E-state index contributed by atoms with van der Waals surface area (Å²) < 4.78 is 1.70. The highest BCUT2D eigenvalue weighted by atomic mass is 79.9. The van der Waals surface area contributed by atoms with Gasteiger partial charge in [-0.2, -0.15) is 0 Å². The Morgan fingerprint density at radius 2 is 2.19 bits per heavy atom. The number of hydrogen-bond donors (Lipinski definition) is 0. The molecule has 5 nitrogen and oxygen atoms in total. The smallest absolute Gasteiger partial charge is 0.333 e. The lowest BCUT2D eigenvalue weighted by Crippen LogP contribution is -2.12. The minimum atomic E-state index is -0.700. The Morgan fingerprint density at radius 1 is 1.50 bits per heavy atom. The monoisotopic (exact) mass is 306 g/mol. The summed E-state index contributed by atoms with van der Waals surface area (Å²) in [5.41, 5.74) is -1.07. The summed E-state index contributed by atoms with van der Waals surface area (Å²) in [6.07, 6.45) is 6.17. The van der Waals surface area contributed by atoms with Crippen molar-refractivity contribution in [3.8, 4) is 0 Å². The molecule has 0 radical (unpaired) electrons. The van der Waals surface area contributed by atoms with Crippen LogP contribution in [0.25, 0.3) is 0 Å². The van der Waals surface area contributed by atoms with E-state index in [1.807, 2.05) is 0 Å². The molecule has 0 bridgehead atoms. The van der Waals surface area contributed by atoms with Crippen LogP contribution in [0, 0.1) is 10.1 Å². The van der Waals surface area contributed by atoms with Crippen LogP contribution >= 0.6 is 27.5 Å². The zero-order valence-corrected chi connectivity index (χ0v) is 10.4. The van der Waals surface area contributed by atoms with E-state index in [1.165, 1.54) is 17.0 Å². The molecule has 1 aromatic heterocycles. The maximum absolute atomic E-state index is 11.4. The van der Waals surface area contributed by atoms with Crippen LogP contribution in [-0.2, 0) is 6.54 Å². The largest absolute Gasteiger partial charge is 0.343 e. The minimum absolute atomic E-state index is 0.168. The molecule has 0 aliphatic heterocycles. The van der Waals surface area contributed by atoms with Gasteiger partial charge in [-0.1, -0.05) is 12.2 Å². The number of rotatable bonds is 4. The van der Waals surface area contributed by atoms with Crippen molar-refractivity contribution < 1.29 is 4.92 Å². The van der Waals surface area contributed by atoms with Gasteiger partial charge in [0, 0.05) is 18.6 Å². The molecule has 0 saturated heterocycles. The maximum atomic E-state index is 11.4. The van der Waals surface area contributed by atoms with Crippen molar-refractivity contribution in [2.24, 2.45) is 0 Å². The predicted molar refractivity (Wildman–Crippen MR) is 64.9 cm³/mol. The first-order chi connectivity index (χ1) is 7.56. The van der Waals surface area contributed by atoms with E-state index in [4.69, 9.17) is 11.6 Å². The first-order valence-corrected chi connectivity index (χ1v) is 5.64.